The topological polar surface area (TPSA) is 12.5 Å². The summed E-state index contributed by atoms with van der Waals surface area (Å²) >= 11 is 0. The zero-order valence-corrected chi connectivity index (χ0v) is 12.7. The Hall–Kier alpha value is -1.64. The SMILES string of the molecule is Cc1ccccc1[C@H](ON1CCCCC1)c1ccccc1. The van der Waals surface area contributed by atoms with Crippen molar-refractivity contribution in [3.63, 3.8) is 0 Å². The van der Waals surface area contributed by atoms with Gasteiger partial charge in [-0.1, -0.05) is 61.0 Å². The zero-order chi connectivity index (χ0) is 14.5. The Morgan fingerprint density at radius 2 is 1.52 bits per heavy atom. The quantitative estimate of drug-likeness (QED) is 0.818. The normalized spacial score (nSPS) is 17.6. The largest absolute Gasteiger partial charge is 0.286 e. The Labute approximate surface area is 127 Å². The van der Waals surface area contributed by atoms with E-state index in [4.69, 9.17) is 4.84 Å². The second-order valence-electron chi connectivity index (χ2n) is 5.74. The van der Waals surface area contributed by atoms with Gasteiger partial charge in [0, 0.05) is 13.1 Å². The van der Waals surface area contributed by atoms with Crippen molar-refractivity contribution < 1.29 is 4.84 Å². The summed E-state index contributed by atoms with van der Waals surface area (Å²) in [7, 11) is 0. The molecule has 1 atom stereocenters. The lowest BCUT2D eigenvalue weighted by atomic mass is 9.97. The van der Waals surface area contributed by atoms with Gasteiger partial charge < -0.3 is 0 Å². The number of aryl methyl sites for hydroxylation is 1. The van der Waals surface area contributed by atoms with Crippen LogP contribution >= 0.6 is 0 Å². The van der Waals surface area contributed by atoms with E-state index in [1.807, 2.05) is 0 Å². The molecule has 2 aromatic rings. The Morgan fingerprint density at radius 3 is 2.24 bits per heavy atom. The van der Waals surface area contributed by atoms with Crippen LogP contribution in [0.4, 0.5) is 0 Å². The molecule has 110 valence electrons. The van der Waals surface area contributed by atoms with Gasteiger partial charge in [-0.05, 0) is 36.5 Å². The van der Waals surface area contributed by atoms with Gasteiger partial charge in [0.15, 0.2) is 0 Å². The average molecular weight is 281 g/mol. The first kappa shape index (κ1) is 14.3. The highest BCUT2D eigenvalue weighted by Gasteiger charge is 2.21. The Kier molecular flexibility index (Phi) is 4.69. The van der Waals surface area contributed by atoms with Crippen molar-refractivity contribution in [3.8, 4) is 0 Å². The van der Waals surface area contributed by atoms with Gasteiger partial charge in [0.25, 0.3) is 0 Å². The van der Waals surface area contributed by atoms with Crippen molar-refractivity contribution in [2.45, 2.75) is 32.3 Å². The molecule has 0 aromatic heterocycles. The first-order chi connectivity index (χ1) is 10.3. The molecule has 3 rings (SSSR count). The fourth-order valence-electron chi connectivity index (χ4n) is 2.93. The van der Waals surface area contributed by atoms with Crippen LogP contribution in [0.5, 0.6) is 0 Å². The van der Waals surface area contributed by atoms with E-state index in [2.05, 4.69) is 66.6 Å². The molecule has 21 heavy (non-hydrogen) atoms. The highest BCUT2D eigenvalue weighted by molar-refractivity contribution is 5.35. The van der Waals surface area contributed by atoms with Crippen molar-refractivity contribution in [3.05, 3.63) is 71.3 Å². The number of hydrogen-bond donors (Lipinski definition) is 0. The summed E-state index contributed by atoms with van der Waals surface area (Å²) in [6.07, 6.45) is 3.77. The number of rotatable bonds is 4. The number of piperidine rings is 1. The minimum Gasteiger partial charge on any atom is -0.286 e. The van der Waals surface area contributed by atoms with Crippen LogP contribution < -0.4 is 0 Å². The van der Waals surface area contributed by atoms with E-state index in [1.165, 1.54) is 36.0 Å². The molecular weight excluding hydrogens is 258 g/mol. The maximum atomic E-state index is 6.38. The average Bonchev–Trinajstić information content (AvgIpc) is 2.55. The summed E-state index contributed by atoms with van der Waals surface area (Å²) in [6.45, 7) is 4.23. The Morgan fingerprint density at radius 1 is 0.857 bits per heavy atom. The van der Waals surface area contributed by atoms with E-state index in [1.54, 1.807) is 0 Å². The first-order valence-electron chi connectivity index (χ1n) is 7.87. The zero-order valence-electron chi connectivity index (χ0n) is 12.7. The van der Waals surface area contributed by atoms with Crippen molar-refractivity contribution in [2.24, 2.45) is 0 Å². The van der Waals surface area contributed by atoms with Gasteiger partial charge in [0.05, 0.1) is 0 Å². The highest BCUT2D eigenvalue weighted by atomic mass is 16.7. The van der Waals surface area contributed by atoms with Crippen LogP contribution in [0.25, 0.3) is 0 Å². The lowest BCUT2D eigenvalue weighted by molar-refractivity contribution is -0.196. The van der Waals surface area contributed by atoms with Crippen LogP contribution in [0, 0.1) is 6.92 Å². The summed E-state index contributed by atoms with van der Waals surface area (Å²) in [5.74, 6) is 0. The van der Waals surface area contributed by atoms with E-state index in [0.29, 0.717) is 0 Å². The minimum absolute atomic E-state index is 0.00880. The fourth-order valence-corrected chi connectivity index (χ4v) is 2.93. The molecule has 2 heteroatoms. The third-order valence-corrected chi connectivity index (χ3v) is 4.14. The van der Waals surface area contributed by atoms with E-state index < -0.39 is 0 Å². The summed E-state index contributed by atoms with van der Waals surface area (Å²) in [6, 6.07) is 19.0. The summed E-state index contributed by atoms with van der Waals surface area (Å²) in [5, 5.41) is 2.15. The molecule has 0 radical (unpaired) electrons. The molecule has 0 amide bonds. The molecule has 1 fully saturated rings. The molecule has 2 nitrogen and oxygen atoms in total. The highest BCUT2D eigenvalue weighted by Crippen LogP contribution is 2.30. The molecule has 1 heterocycles. The molecule has 0 aliphatic carbocycles. The number of benzene rings is 2. The van der Waals surface area contributed by atoms with Crippen LogP contribution in [-0.4, -0.2) is 18.2 Å². The summed E-state index contributed by atoms with van der Waals surface area (Å²) in [4.78, 5) is 6.38. The Bertz CT molecular complexity index is 561. The number of hydroxylamine groups is 2. The third kappa shape index (κ3) is 3.52. The van der Waals surface area contributed by atoms with E-state index in [-0.39, 0.29) is 6.10 Å². The van der Waals surface area contributed by atoms with Crippen LogP contribution in [0.15, 0.2) is 54.6 Å². The molecule has 0 bridgehead atoms. The minimum atomic E-state index is -0.00880. The van der Waals surface area contributed by atoms with E-state index in [0.717, 1.165) is 13.1 Å². The second-order valence-corrected chi connectivity index (χ2v) is 5.74. The maximum absolute atomic E-state index is 6.38. The van der Waals surface area contributed by atoms with Crippen molar-refractivity contribution in [1.29, 1.82) is 0 Å². The molecule has 1 saturated heterocycles. The first-order valence-corrected chi connectivity index (χ1v) is 7.87. The van der Waals surface area contributed by atoms with Crippen molar-refractivity contribution >= 4 is 0 Å². The number of nitrogens with zero attached hydrogens (tertiary/aromatic N) is 1. The van der Waals surface area contributed by atoms with Gasteiger partial charge >= 0.3 is 0 Å². The van der Waals surface area contributed by atoms with Crippen LogP contribution in [0.2, 0.25) is 0 Å². The summed E-state index contributed by atoms with van der Waals surface area (Å²) < 4.78 is 0. The standard InChI is InChI=1S/C19H23NO/c1-16-10-6-7-13-18(16)19(17-11-4-2-5-12-17)21-20-14-8-3-9-15-20/h2,4-7,10-13,19H,3,8-9,14-15H2,1H3/t19-/m1/s1. The second kappa shape index (κ2) is 6.88. The Balaban J connectivity index is 1.89. The maximum Gasteiger partial charge on any atom is 0.130 e. The van der Waals surface area contributed by atoms with Gasteiger partial charge in [0.1, 0.15) is 6.10 Å². The lowest BCUT2D eigenvalue weighted by Gasteiger charge is -2.31. The van der Waals surface area contributed by atoms with Crippen LogP contribution in [0.3, 0.4) is 0 Å². The molecular formula is C19H23NO. The van der Waals surface area contributed by atoms with Crippen molar-refractivity contribution in [2.75, 3.05) is 13.1 Å². The van der Waals surface area contributed by atoms with Crippen LogP contribution in [0.1, 0.15) is 42.1 Å². The van der Waals surface area contributed by atoms with E-state index >= 15 is 0 Å². The van der Waals surface area contributed by atoms with Crippen LogP contribution in [-0.2, 0) is 4.84 Å². The van der Waals surface area contributed by atoms with Gasteiger partial charge in [-0.3, -0.25) is 4.84 Å². The molecule has 0 N–H and O–H groups in total. The molecule has 1 aliphatic rings. The van der Waals surface area contributed by atoms with Gasteiger partial charge in [-0.15, -0.1) is 0 Å². The molecule has 0 saturated carbocycles. The smallest absolute Gasteiger partial charge is 0.130 e. The molecule has 2 aromatic carbocycles. The lowest BCUT2D eigenvalue weighted by Crippen LogP contribution is -2.32. The molecule has 0 spiro atoms. The van der Waals surface area contributed by atoms with Crippen molar-refractivity contribution in [1.82, 2.24) is 5.06 Å². The summed E-state index contributed by atoms with van der Waals surface area (Å²) in [5.41, 5.74) is 3.76. The third-order valence-electron chi connectivity index (χ3n) is 4.14. The van der Waals surface area contributed by atoms with E-state index in [9.17, 15) is 0 Å². The predicted molar refractivity (Wildman–Crippen MR) is 86.0 cm³/mol. The molecule has 0 unspecified atom stereocenters. The molecule has 1 aliphatic heterocycles. The van der Waals surface area contributed by atoms with Gasteiger partial charge in [-0.2, -0.15) is 5.06 Å². The number of hydrogen-bond acceptors (Lipinski definition) is 2. The monoisotopic (exact) mass is 281 g/mol. The fraction of sp³-hybridized carbons (Fsp3) is 0.368. The van der Waals surface area contributed by atoms with Gasteiger partial charge in [-0.25, -0.2) is 0 Å². The van der Waals surface area contributed by atoms with Gasteiger partial charge in [0.2, 0.25) is 0 Å². The predicted octanol–water partition coefficient (Wildman–Crippen LogP) is 4.50.